The molecule has 0 spiro atoms. The number of fused-ring (bicyclic) bond motifs is 2. The lowest BCUT2D eigenvalue weighted by Gasteiger charge is -2.24. The molecule has 2 heterocycles. The first-order valence-electron chi connectivity index (χ1n) is 8.90. The van der Waals surface area contributed by atoms with E-state index in [9.17, 15) is 9.90 Å². The molecule has 1 N–H and O–H groups in total. The number of allylic oxidation sites excluding steroid dienone is 3. The average molecular weight is 332 g/mol. The van der Waals surface area contributed by atoms with E-state index < -0.39 is 12.2 Å². The summed E-state index contributed by atoms with van der Waals surface area (Å²) in [5, 5.41) is 10.7. The topological polar surface area (TPSA) is 59.1 Å². The third-order valence-electron chi connectivity index (χ3n) is 5.77. The first kappa shape index (κ1) is 17.4. The normalized spacial score (nSPS) is 45.0. The highest BCUT2D eigenvalue weighted by Crippen LogP contribution is 2.47. The quantitative estimate of drug-likeness (QED) is 0.319. The SMILES string of the molecule is C=C1C(=O)O[C@@H]2[C@@H]1C[C@@H]1O[C@]1(C)CC/C=C(\C)CC/C=C(\C)[C@@H]2O. The summed E-state index contributed by atoms with van der Waals surface area (Å²) in [6, 6.07) is 0. The summed E-state index contributed by atoms with van der Waals surface area (Å²) in [6.45, 7) is 10.1. The summed E-state index contributed by atoms with van der Waals surface area (Å²) in [4.78, 5) is 12.0. The molecule has 0 saturated carbocycles. The van der Waals surface area contributed by atoms with Gasteiger partial charge in [-0.05, 0) is 58.4 Å². The summed E-state index contributed by atoms with van der Waals surface area (Å²) < 4.78 is 11.4. The van der Waals surface area contributed by atoms with Gasteiger partial charge < -0.3 is 14.6 Å². The minimum atomic E-state index is -0.782. The van der Waals surface area contributed by atoms with Gasteiger partial charge in [-0.2, -0.15) is 0 Å². The highest BCUT2D eigenvalue weighted by atomic mass is 16.6. The smallest absolute Gasteiger partial charge is 0.334 e. The molecule has 0 aromatic heterocycles. The van der Waals surface area contributed by atoms with Crippen LogP contribution in [0.15, 0.2) is 35.5 Å². The lowest BCUT2D eigenvalue weighted by atomic mass is 9.84. The molecule has 1 aliphatic carbocycles. The van der Waals surface area contributed by atoms with Gasteiger partial charge in [0.2, 0.25) is 0 Å². The molecule has 0 unspecified atom stereocenters. The molecule has 0 radical (unpaired) electrons. The predicted octanol–water partition coefficient (Wildman–Crippen LogP) is 3.46. The van der Waals surface area contributed by atoms with Crippen molar-refractivity contribution in [3.63, 3.8) is 0 Å². The Morgan fingerprint density at radius 1 is 1.29 bits per heavy atom. The second kappa shape index (κ2) is 6.49. The van der Waals surface area contributed by atoms with E-state index in [1.165, 1.54) is 5.57 Å². The number of aliphatic hydroxyl groups excluding tert-OH is 1. The summed E-state index contributed by atoms with van der Waals surface area (Å²) in [7, 11) is 0. The molecular weight excluding hydrogens is 304 g/mol. The van der Waals surface area contributed by atoms with Crippen molar-refractivity contribution >= 4 is 5.97 Å². The van der Waals surface area contributed by atoms with E-state index in [-0.39, 0.29) is 23.6 Å². The molecule has 4 nitrogen and oxygen atoms in total. The molecule has 0 bridgehead atoms. The maximum Gasteiger partial charge on any atom is 0.334 e. The molecule has 3 rings (SSSR count). The number of carbonyl (C=O) groups excluding carboxylic acids is 1. The molecule has 3 aliphatic rings. The molecule has 0 amide bonds. The largest absolute Gasteiger partial charge is 0.455 e. The first-order chi connectivity index (χ1) is 11.3. The second-order valence-electron chi connectivity index (χ2n) is 7.68. The van der Waals surface area contributed by atoms with Crippen LogP contribution in [0.5, 0.6) is 0 Å². The fraction of sp³-hybridized carbons (Fsp3) is 0.650. The van der Waals surface area contributed by atoms with Crippen molar-refractivity contribution in [2.45, 2.75) is 76.8 Å². The Balaban J connectivity index is 1.84. The van der Waals surface area contributed by atoms with Crippen LogP contribution in [-0.4, -0.2) is 35.0 Å². The molecule has 0 aromatic carbocycles. The van der Waals surface area contributed by atoms with Crippen LogP contribution < -0.4 is 0 Å². The maximum absolute atomic E-state index is 12.0. The number of hydrogen-bond donors (Lipinski definition) is 1. The van der Waals surface area contributed by atoms with Crippen molar-refractivity contribution in [2.75, 3.05) is 0 Å². The van der Waals surface area contributed by atoms with Crippen molar-refractivity contribution in [3.05, 3.63) is 35.5 Å². The number of aliphatic hydroxyl groups is 1. The monoisotopic (exact) mass is 332 g/mol. The van der Waals surface area contributed by atoms with Crippen LogP contribution in [-0.2, 0) is 14.3 Å². The standard InChI is InChI=1S/C20H28O4/c1-12-7-5-9-13(2)17(21)18-15(14(3)19(22)23-18)11-16-20(4,24-16)10-6-8-12/h8-9,15-18,21H,3,5-7,10-11H2,1-2,4H3/b12-8+,13-9+/t15-,16+,17+,18-,20-/m1/s1. The minimum Gasteiger partial charge on any atom is -0.455 e. The van der Waals surface area contributed by atoms with E-state index in [2.05, 4.69) is 32.6 Å². The Labute approximate surface area is 144 Å². The van der Waals surface area contributed by atoms with Gasteiger partial charge in [0.25, 0.3) is 0 Å². The van der Waals surface area contributed by atoms with Gasteiger partial charge in [0.15, 0.2) is 0 Å². The molecular formula is C20H28O4. The number of hydrogen-bond acceptors (Lipinski definition) is 4. The lowest BCUT2D eigenvalue weighted by Crippen LogP contribution is -2.33. The van der Waals surface area contributed by atoms with E-state index in [4.69, 9.17) is 9.47 Å². The van der Waals surface area contributed by atoms with E-state index in [1.807, 2.05) is 6.92 Å². The molecule has 2 fully saturated rings. The lowest BCUT2D eigenvalue weighted by molar-refractivity contribution is -0.142. The second-order valence-corrected chi connectivity index (χ2v) is 7.68. The molecule has 5 atom stereocenters. The minimum absolute atomic E-state index is 0.101. The Morgan fingerprint density at radius 3 is 2.79 bits per heavy atom. The van der Waals surface area contributed by atoms with Crippen LogP contribution in [0.2, 0.25) is 0 Å². The number of rotatable bonds is 0. The first-order valence-corrected chi connectivity index (χ1v) is 8.90. The van der Waals surface area contributed by atoms with Gasteiger partial charge in [0, 0.05) is 11.5 Å². The van der Waals surface area contributed by atoms with Gasteiger partial charge in [-0.25, -0.2) is 4.79 Å². The number of epoxide rings is 1. The number of esters is 1. The zero-order valence-corrected chi connectivity index (χ0v) is 14.9. The van der Waals surface area contributed by atoms with Crippen molar-refractivity contribution in [1.82, 2.24) is 0 Å². The van der Waals surface area contributed by atoms with Crippen LogP contribution in [0.1, 0.15) is 52.9 Å². The van der Waals surface area contributed by atoms with E-state index >= 15 is 0 Å². The van der Waals surface area contributed by atoms with Crippen molar-refractivity contribution in [1.29, 1.82) is 0 Å². The van der Waals surface area contributed by atoms with Crippen LogP contribution >= 0.6 is 0 Å². The Hall–Kier alpha value is -1.39. The molecule has 132 valence electrons. The molecule has 2 aliphatic heterocycles. The Bertz CT molecular complexity index is 603. The third kappa shape index (κ3) is 3.35. The molecule has 24 heavy (non-hydrogen) atoms. The molecule has 4 heteroatoms. The highest BCUT2D eigenvalue weighted by molar-refractivity contribution is 5.91. The third-order valence-corrected chi connectivity index (χ3v) is 5.77. The summed E-state index contributed by atoms with van der Waals surface area (Å²) in [5.41, 5.74) is 2.56. The van der Waals surface area contributed by atoms with Crippen molar-refractivity contribution in [3.8, 4) is 0 Å². The van der Waals surface area contributed by atoms with Crippen LogP contribution in [0, 0.1) is 5.92 Å². The van der Waals surface area contributed by atoms with Crippen LogP contribution in [0.4, 0.5) is 0 Å². The number of ether oxygens (including phenoxy) is 2. The van der Waals surface area contributed by atoms with E-state index in [0.29, 0.717) is 12.0 Å². The van der Waals surface area contributed by atoms with Crippen LogP contribution in [0.25, 0.3) is 0 Å². The predicted molar refractivity (Wildman–Crippen MR) is 92.4 cm³/mol. The van der Waals surface area contributed by atoms with E-state index in [0.717, 1.165) is 31.3 Å². The zero-order valence-electron chi connectivity index (χ0n) is 14.9. The summed E-state index contributed by atoms with van der Waals surface area (Å²) in [5.74, 6) is -0.566. The summed E-state index contributed by atoms with van der Waals surface area (Å²) >= 11 is 0. The van der Waals surface area contributed by atoms with Gasteiger partial charge in [-0.1, -0.05) is 24.3 Å². The molecule has 0 aromatic rings. The number of carbonyl (C=O) groups is 1. The zero-order chi connectivity index (χ0) is 17.5. The van der Waals surface area contributed by atoms with Crippen LogP contribution in [0.3, 0.4) is 0 Å². The van der Waals surface area contributed by atoms with Gasteiger partial charge in [0.1, 0.15) is 12.2 Å². The average Bonchev–Trinajstić information content (AvgIpc) is 3.08. The highest BCUT2D eigenvalue weighted by Gasteiger charge is 2.55. The Kier molecular flexibility index (Phi) is 4.71. The molecule has 2 saturated heterocycles. The van der Waals surface area contributed by atoms with Crippen molar-refractivity contribution in [2.24, 2.45) is 5.92 Å². The van der Waals surface area contributed by atoms with Gasteiger partial charge in [-0.3, -0.25) is 0 Å². The van der Waals surface area contributed by atoms with Crippen molar-refractivity contribution < 1.29 is 19.4 Å². The maximum atomic E-state index is 12.0. The van der Waals surface area contributed by atoms with E-state index in [1.54, 1.807) is 0 Å². The summed E-state index contributed by atoms with van der Waals surface area (Å²) in [6.07, 6.45) is 7.64. The van der Waals surface area contributed by atoms with Gasteiger partial charge in [0.05, 0.1) is 11.7 Å². The fourth-order valence-corrected chi connectivity index (χ4v) is 3.85. The van der Waals surface area contributed by atoms with Gasteiger partial charge >= 0.3 is 5.97 Å². The fourth-order valence-electron chi connectivity index (χ4n) is 3.85. The van der Waals surface area contributed by atoms with Gasteiger partial charge in [-0.15, -0.1) is 0 Å². The Morgan fingerprint density at radius 2 is 2.04 bits per heavy atom.